The molecular formula is C27H45NO4S. The van der Waals surface area contributed by atoms with Crippen LogP contribution in [0.5, 0.6) is 0 Å². The number of ether oxygens (including phenoxy) is 1. The SMILES string of the molecule is C=CC=CC(=O)OCCCCCCCCCCCC.CCN(CC)S(=O)(=O)c1ccccc1. The van der Waals surface area contributed by atoms with E-state index in [0.717, 1.165) is 12.8 Å². The first-order valence-corrected chi connectivity index (χ1v) is 13.9. The van der Waals surface area contributed by atoms with Crippen LogP contribution in [0, 0.1) is 0 Å². The highest BCUT2D eigenvalue weighted by Gasteiger charge is 2.20. The summed E-state index contributed by atoms with van der Waals surface area (Å²) in [6.45, 7) is 11.0. The summed E-state index contributed by atoms with van der Waals surface area (Å²) < 4.78 is 30.3. The molecule has 188 valence electrons. The number of rotatable bonds is 17. The maximum absolute atomic E-state index is 11.9. The number of nitrogens with zero attached hydrogens (tertiary/aromatic N) is 1. The zero-order chi connectivity index (χ0) is 24.8. The zero-order valence-corrected chi connectivity index (χ0v) is 21.8. The number of esters is 1. The van der Waals surface area contributed by atoms with Crippen LogP contribution in [0.2, 0.25) is 0 Å². The summed E-state index contributed by atoms with van der Waals surface area (Å²) >= 11 is 0. The van der Waals surface area contributed by atoms with Crippen LogP contribution in [0.4, 0.5) is 0 Å². The monoisotopic (exact) mass is 479 g/mol. The molecule has 1 aromatic carbocycles. The van der Waals surface area contributed by atoms with Gasteiger partial charge in [-0.15, -0.1) is 0 Å². The number of benzene rings is 1. The summed E-state index contributed by atoms with van der Waals surface area (Å²) in [6.07, 6.45) is 17.5. The Hall–Kier alpha value is -1.92. The quantitative estimate of drug-likeness (QED) is 0.105. The van der Waals surface area contributed by atoms with Crippen LogP contribution in [-0.4, -0.2) is 38.4 Å². The number of carbonyl (C=O) groups is 1. The Kier molecular flexibility index (Phi) is 19.5. The maximum atomic E-state index is 11.9. The van der Waals surface area contributed by atoms with E-state index in [-0.39, 0.29) is 5.97 Å². The van der Waals surface area contributed by atoms with Crippen LogP contribution in [-0.2, 0) is 19.6 Å². The molecule has 0 radical (unpaired) electrons. The second-order valence-corrected chi connectivity index (χ2v) is 9.78. The number of carbonyl (C=O) groups excluding carboxylic acids is 1. The summed E-state index contributed by atoms with van der Waals surface area (Å²) in [7, 11) is -3.27. The molecule has 0 unspecified atom stereocenters. The first kappa shape index (κ1) is 31.1. The van der Waals surface area contributed by atoms with Crippen LogP contribution >= 0.6 is 0 Å². The first-order valence-electron chi connectivity index (χ1n) is 12.4. The van der Waals surface area contributed by atoms with Crippen molar-refractivity contribution in [2.75, 3.05) is 19.7 Å². The summed E-state index contributed by atoms with van der Waals surface area (Å²) in [5, 5.41) is 0. The van der Waals surface area contributed by atoms with E-state index in [9.17, 15) is 13.2 Å². The van der Waals surface area contributed by atoms with E-state index >= 15 is 0 Å². The minimum absolute atomic E-state index is 0.268. The fraction of sp³-hybridized carbons (Fsp3) is 0.593. The van der Waals surface area contributed by atoms with Gasteiger partial charge in [0.1, 0.15) is 0 Å². The standard InChI is InChI=1S/C17H30O2.C10H15NO2S/c1-3-5-7-8-9-10-11-12-13-14-16-19-17(18)15-6-4-2;1-3-11(4-2)14(12,13)10-8-6-5-7-9-10/h4,6,15H,2-3,5,7-14,16H2,1H3;5-9H,3-4H2,1-2H3. The van der Waals surface area contributed by atoms with Gasteiger partial charge in [0.25, 0.3) is 0 Å². The van der Waals surface area contributed by atoms with Gasteiger partial charge in [0.05, 0.1) is 11.5 Å². The van der Waals surface area contributed by atoms with Crippen LogP contribution in [0.1, 0.15) is 85.0 Å². The van der Waals surface area contributed by atoms with Gasteiger partial charge in [0, 0.05) is 19.2 Å². The number of sulfonamides is 1. The van der Waals surface area contributed by atoms with Crippen LogP contribution in [0.3, 0.4) is 0 Å². The van der Waals surface area contributed by atoms with E-state index in [4.69, 9.17) is 4.74 Å². The van der Waals surface area contributed by atoms with Crippen molar-refractivity contribution in [1.82, 2.24) is 4.31 Å². The van der Waals surface area contributed by atoms with Crippen molar-refractivity contribution in [3.05, 3.63) is 55.1 Å². The fourth-order valence-electron chi connectivity index (χ4n) is 3.26. The Morgan fingerprint density at radius 2 is 1.39 bits per heavy atom. The predicted octanol–water partition coefficient (Wildman–Crippen LogP) is 6.91. The van der Waals surface area contributed by atoms with Gasteiger partial charge in [-0.1, -0.05) is 115 Å². The van der Waals surface area contributed by atoms with Crippen molar-refractivity contribution in [3.63, 3.8) is 0 Å². The van der Waals surface area contributed by atoms with E-state index in [0.29, 0.717) is 24.6 Å². The van der Waals surface area contributed by atoms with Crippen molar-refractivity contribution in [1.29, 1.82) is 0 Å². The van der Waals surface area contributed by atoms with Crippen molar-refractivity contribution in [3.8, 4) is 0 Å². The van der Waals surface area contributed by atoms with E-state index in [1.807, 2.05) is 13.8 Å². The average molecular weight is 480 g/mol. The molecule has 33 heavy (non-hydrogen) atoms. The minimum Gasteiger partial charge on any atom is -0.463 e. The molecular weight excluding hydrogens is 434 g/mol. The van der Waals surface area contributed by atoms with Crippen molar-refractivity contribution in [2.24, 2.45) is 0 Å². The van der Waals surface area contributed by atoms with E-state index in [1.54, 1.807) is 42.5 Å². The molecule has 0 fully saturated rings. The van der Waals surface area contributed by atoms with Gasteiger partial charge in [0.15, 0.2) is 0 Å². The Balaban J connectivity index is 0.000000647. The highest BCUT2D eigenvalue weighted by Crippen LogP contribution is 2.14. The first-order chi connectivity index (χ1) is 15.9. The second kappa shape index (κ2) is 20.7. The Morgan fingerprint density at radius 1 is 0.879 bits per heavy atom. The van der Waals surface area contributed by atoms with Gasteiger partial charge in [-0.05, 0) is 18.6 Å². The number of unbranched alkanes of at least 4 members (excludes halogenated alkanes) is 9. The largest absolute Gasteiger partial charge is 0.463 e. The highest BCUT2D eigenvalue weighted by atomic mass is 32.2. The lowest BCUT2D eigenvalue weighted by Crippen LogP contribution is -2.30. The molecule has 0 aliphatic rings. The molecule has 0 aliphatic carbocycles. The Bertz CT molecular complexity index is 741. The van der Waals surface area contributed by atoms with Gasteiger partial charge in [-0.25, -0.2) is 13.2 Å². The third-order valence-electron chi connectivity index (χ3n) is 5.20. The lowest BCUT2D eigenvalue weighted by Gasteiger charge is -2.18. The Morgan fingerprint density at radius 3 is 1.88 bits per heavy atom. The number of hydrogen-bond donors (Lipinski definition) is 0. The lowest BCUT2D eigenvalue weighted by molar-refractivity contribution is -0.137. The van der Waals surface area contributed by atoms with E-state index in [2.05, 4.69) is 13.5 Å². The summed E-state index contributed by atoms with van der Waals surface area (Å²) in [4.78, 5) is 11.5. The van der Waals surface area contributed by atoms with Crippen LogP contribution in [0.15, 0.2) is 60.0 Å². The minimum atomic E-state index is -3.27. The van der Waals surface area contributed by atoms with Crippen molar-refractivity contribution >= 4 is 16.0 Å². The molecule has 0 saturated heterocycles. The van der Waals surface area contributed by atoms with E-state index in [1.165, 1.54) is 61.7 Å². The van der Waals surface area contributed by atoms with Crippen LogP contribution < -0.4 is 0 Å². The average Bonchev–Trinajstić information content (AvgIpc) is 2.82. The molecule has 0 heterocycles. The van der Waals surface area contributed by atoms with Gasteiger partial charge in [-0.3, -0.25) is 0 Å². The molecule has 0 bridgehead atoms. The second-order valence-electron chi connectivity index (χ2n) is 7.85. The summed E-state index contributed by atoms with van der Waals surface area (Å²) in [6, 6.07) is 8.51. The summed E-state index contributed by atoms with van der Waals surface area (Å²) in [5.41, 5.74) is 0. The van der Waals surface area contributed by atoms with Crippen molar-refractivity contribution in [2.45, 2.75) is 89.9 Å². The smallest absolute Gasteiger partial charge is 0.330 e. The van der Waals surface area contributed by atoms with Gasteiger partial charge < -0.3 is 4.74 Å². The highest BCUT2D eigenvalue weighted by molar-refractivity contribution is 7.89. The maximum Gasteiger partial charge on any atom is 0.330 e. The molecule has 0 aromatic heterocycles. The number of hydrogen-bond acceptors (Lipinski definition) is 4. The third-order valence-corrected chi connectivity index (χ3v) is 7.26. The van der Waals surface area contributed by atoms with E-state index < -0.39 is 10.0 Å². The molecule has 0 atom stereocenters. The topological polar surface area (TPSA) is 63.7 Å². The summed E-state index contributed by atoms with van der Waals surface area (Å²) in [5.74, 6) is -0.268. The van der Waals surface area contributed by atoms with Gasteiger partial charge in [0.2, 0.25) is 10.0 Å². The Labute approximate surface area is 203 Å². The molecule has 6 heteroatoms. The third kappa shape index (κ3) is 15.5. The fourth-order valence-corrected chi connectivity index (χ4v) is 4.74. The molecule has 0 saturated carbocycles. The number of allylic oxidation sites excluding steroid dienone is 2. The molecule has 0 N–H and O–H groups in total. The van der Waals surface area contributed by atoms with Gasteiger partial charge >= 0.3 is 5.97 Å². The van der Waals surface area contributed by atoms with Crippen molar-refractivity contribution < 1.29 is 17.9 Å². The molecule has 5 nitrogen and oxygen atoms in total. The molecule has 1 rings (SSSR count). The molecule has 1 aromatic rings. The predicted molar refractivity (Wildman–Crippen MR) is 139 cm³/mol. The van der Waals surface area contributed by atoms with Gasteiger partial charge in [-0.2, -0.15) is 4.31 Å². The molecule has 0 amide bonds. The lowest BCUT2D eigenvalue weighted by atomic mass is 10.1. The molecule has 0 aliphatic heterocycles. The van der Waals surface area contributed by atoms with Crippen LogP contribution in [0.25, 0.3) is 0 Å². The zero-order valence-electron chi connectivity index (χ0n) is 21.0. The normalized spacial score (nSPS) is 11.3. The molecule has 0 spiro atoms.